The average molecular weight is 1620 g/mol. The summed E-state index contributed by atoms with van der Waals surface area (Å²) in [4.78, 5) is 49.0. The third-order valence-electron chi connectivity index (χ3n) is 16.9. The zero-order valence-electron chi connectivity index (χ0n) is 70.9. The van der Waals surface area contributed by atoms with Crippen LogP contribution in [0, 0.1) is 13.8 Å². The van der Waals surface area contributed by atoms with E-state index in [9.17, 15) is 19.5 Å². The van der Waals surface area contributed by atoms with Gasteiger partial charge in [-0.3, -0.25) is 29.4 Å². The molecule has 3 fully saturated rings. The number of allylic oxidation sites excluding steroid dienone is 1. The third-order valence-corrected chi connectivity index (χ3v) is 16.9. The van der Waals surface area contributed by atoms with Gasteiger partial charge in [0.1, 0.15) is 11.6 Å². The average Bonchev–Trinajstić information content (AvgIpc) is 1.68. The maximum atomic E-state index is 11.7. The van der Waals surface area contributed by atoms with Gasteiger partial charge < -0.3 is 122 Å². The summed E-state index contributed by atoms with van der Waals surface area (Å²) in [5.41, 5.74) is 4.68. The molecule has 0 spiro atoms. The quantitative estimate of drug-likeness (QED) is 0.0435. The van der Waals surface area contributed by atoms with E-state index >= 15 is 0 Å². The Kier molecular flexibility index (Phi) is 74.2. The first-order chi connectivity index (χ1) is 53.8. The Labute approximate surface area is 670 Å². The van der Waals surface area contributed by atoms with Crippen LogP contribution in [0.3, 0.4) is 0 Å². The highest BCUT2D eigenvalue weighted by Gasteiger charge is 2.37. The minimum absolute atomic E-state index is 0.0588. The zero-order valence-corrected chi connectivity index (χ0v) is 70.9. The molecule has 3 saturated heterocycles. The van der Waals surface area contributed by atoms with Crippen LogP contribution in [0.1, 0.15) is 104 Å². The van der Waals surface area contributed by atoms with Crippen molar-refractivity contribution >= 4 is 23.7 Å². The summed E-state index contributed by atoms with van der Waals surface area (Å²) in [7, 11) is 8.37. The Hall–Kier alpha value is -4.16. The van der Waals surface area contributed by atoms with E-state index in [1.165, 1.54) is 34.2 Å². The molecule has 1 aromatic carbocycles. The van der Waals surface area contributed by atoms with Gasteiger partial charge in [0.05, 0.1) is 195 Å². The van der Waals surface area contributed by atoms with E-state index in [0.717, 1.165) is 105 Å². The van der Waals surface area contributed by atoms with Crippen molar-refractivity contribution in [3.05, 3.63) is 47.2 Å². The molecule has 0 aliphatic carbocycles. The lowest BCUT2D eigenvalue weighted by molar-refractivity contribution is -0.147. The number of benzene rings is 1. The number of methoxy groups -OCH3 is 5. The van der Waals surface area contributed by atoms with Crippen molar-refractivity contribution in [2.75, 3.05) is 299 Å². The number of aliphatic carboxylic acids is 1. The molecular formula is C79H153N7O26. The van der Waals surface area contributed by atoms with Gasteiger partial charge in [-0.1, -0.05) is 42.3 Å². The largest absolute Gasteiger partial charge is 0.480 e. The Morgan fingerprint density at radius 3 is 1.32 bits per heavy atom. The number of aliphatic hydroxyl groups is 7. The molecular weight excluding hydrogens is 1460 g/mol. The summed E-state index contributed by atoms with van der Waals surface area (Å²) in [5, 5.41) is 71.7. The molecule has 2 amide bonds. The van der Waals surface area contributed by atoms with Crippen LogP contribution in [0.15, 0.2) is 35.5 Å². The van der Waals surface area contributed by atoms with Crippen LogP contribution in [-0.2, 0) is 80.6 Å². The first-order valence-electron chi connectivity index (χ1n) is 39.7. The van der Waals surface area contributed by atoms with Crippen molar-refractivity contribution in [2.24, 2.45) is 4.99 Å². The van der Waals surface area contributed by atoms with E-state index < -0.39 is 42.0 Å². The molecule has 33 heteroatoms. The number of piperidine rings is 1. The van der Waals surface area contributed by atoms with Gasteiger partial charge in [0.2, 0.25) is 5.91 Å². The lowest BCUT2D eigenvalue weighted by Crippen LogP contribution is -2.43. The molecule has 5 atom stereocenters. The summed E-state index contributed by atoms with van der Waals surface area (Å²) in [6, 6.07) is 5.72. The molecule has 0 bridgehead atoms. The highest BCUT2D eigenvalue weighted by atomic mass is 16.6. The van der Waals surface area contributed by atoms with Gasteiger partial charge >= 0.3 is 12.1 Å². The summed E-state index contributed by atoms with van der Waals surface area (Å²) in [6.07, 6.45) is 5.65. The Morgan fingerprint density at radius 1 is 0.554 bits per heavy atom. The smallest absolute Gasteiger partial charge is 0.410 e. The first kappa shape index (κ1) is 110. The standard InChI is InChI=1S/C15H33NO6.C13H27NO5.C12H27NO5.C12H13N.C11H21NO3.C9H21NO3.C7H11NO4/c1-17-10-13-20-7-4-16(5-8-21-14-11-18-2)6-9-22-15-12-19-3;1-15-8-9-18-12-13-19-11-10-17-7-4-14-2-5-16-6-3-14;1-16-8-2-3-13(4-9-17-11-6-14)5-10-18-12-7-15;1-9-6-10(2)8-11(7-9)12-4-3-5-13-12;1-4-11(2,3)15-10(14)12-7-5-9(13)6-8-12;1-7(11)4-10(5-8(2)12)6-9(3)13;1-4(9)8-3-5(10)2-6(8)7(11)12/h4-15H2,1-3H3;2-13H2,1H3;14-15H,2-12H2,1H3;3,5-8H,4H2,1-2H3;9,13H,4-8H2,1-3H3;7-9,11-13H,4-6H2,1-3H3;5-6,10H,2-3H2,1H3,(H,11,12). The van der Waals surface area contributed by atoms with Crippen LogP contribution in [-0.4, -0.2) is 435 Å². The van der Waals surface area contributed by atoms with E-state index in [0.29, 0.717) is 171 Å². The van der Waals surface area contributed by atoms with E-state index in [-0.39, 0.29) is 44.3 Å². The van der Waals surface area contributed by atoms with Gasteiger partial charge in [0.25, 0.3) is 0 Å². The lowest BCUT2D eigenvalue weighted by Gasteiger charge is -2.32. The molecule has 33 nitrogen and oxygen atoms in total. The molecule has 0 saturated carbocycles. The molecule has 5 rings (SSSR count). The Bertz CT molecular complexity index is 2270. The fourth-order valence-corrected chi connectivity index (χ4v) is 10.7. The number of hydrogen-bond donors (Lipinski definition) is 8. The number of ether oxygens (including phenoxy) is 15. The summed E-state index contributed by atoms with van der Waals surface area (Å²) >= 11 is 0. The number of aliphatic imine (C=N–C) groups is 1. The fraction of sp³-hybridized carbons (Fsp3) is 0.848. The van der Waals surface area contributed by atoms with Crippen molar-refractivity contribution in [1.29, 1.82) is 0 Å². The summed E-state index contributed by atoms with van der Waals surface area (Å²) in [6.45, 7) is 42.1. The minimum atomic E-state index is -1.05. The highest BCUT2D eigenvalue weighted by molar-refractivity contribution is 6.03. The predicted octanol–water partition coefficient (Wildman–Crippen LogP) is 2.90. The highest BCUT2D eigenvalue weighted by Crippen LogP contribution is 2.20. The van der Waals surface area contributed by atoms with Gasteiger partial charge in [-0.25, -0.2) is 9.59 Å². The van der Waals surface area contributed by atoms with Gasteiger partial charge in [-0.2, -0.15) is 0 Å². The molecule has 4 aliphatic rings. The zero-order chi connectivity index (χ0) is 83.8. The molecule has 0 radical (unpaired) electrons. The molecule has 8 N–H and O–H groups in total. The second kappa shape index (κ2) is 75.6. The number of carbonyl (C=O) groups is 3. The minimum Gasteiger partial charge on any atom is -0.480 e. The third kappa shape index (κ3) is 66.9. The fourth-order valence-electron chi connectivity index (χ4n) is 10.7. The van der Waals surface area contributed by atoms with Gasteiger partial charge in [0, 0.05) is 166 Å². The number of nitrogens with zero attached hydrogens (tertiary/aromatic N) is 7. The number of carbonyl (C=O) groups excluding carboxylic acids is 2. The molecule has 660 valence electrons. The summed E-state index contributed by atoms with van der Waals surface area (Å²) < 4.78 is 78.6. The van der Waals surface area contributed by atoms with Crippen molar-refractivity contribution < 1.29 is 126 Å². The summed E-state index contributed by atoms with van der Waals surface area (Å²) in [5.74, 6) is -1.36. The van der Waals surface area contributed by atoms with Crippen molar-refractivity contribution in [3.63, 3.8) is 0 Å². The Balaban J connectivity index is 0. The first-order valence-corrected chi connectivity index (χ1v) is 39.7. The molecule has 112 heavy (non-hydrogen) atoms. The monoisotopic (exact) mass is 1620 g/mol. The molecule has 4 aliphatic heterocycles. The number of aryl methyl sites for hydroxylation is 2. The SMILES string of the molecule is CC(=O)N1CC(O)CC1C(=O)O.CC(O)CN(CC(C)O)CC(C)O.CCC(C)(C)OC(=O)N1CCC(O)CC1.COCCCN(CCOCCO)CCOCCO.COCCOCCN(CCOCCOC)CCOCCOC.COCCOCCOCCOCCN1CCOCC1.Cc1cc(C)cc(C2=NC=CC2)c1. The van der Waals surface area contributed by atoms with Crippen LogP contribution < -0.4 is 0 Å². The Morgan fingerprint density at radius 2 is 0.955 bits per heavy atom. The number of morpholine rings is 1. The topological polar surface area (TPSA) is 383 Å². The van der Waals surface area contributed by atoms with Gasteiger partial charge in [-0.05, 0) is 79.7 Å². The second-order valence-corrected chi connectivity index (χ2v) is 27.7. The van der Waals surface area contributed by atoms with Gasteiger partial charge in [0.15, 0.2) is 0 Å². The molecule has 1 aromatic rings. The van der Waals surface area contributed by atoms with Crippen molar-refractivity contribution in [2.45, 2.75) is 143 Å². The lowest BCUT2D eigenvalue weighted by atomic mass is 10.0. The van der Waals surface area contributed by atoms with E-state index in [2.05, 4.69) is 57.8 Å². The molecule has 4 heterocycles. The number of β-amino-alcohol motifs (C(OH)–C–C–N with tert-alkyl or cyclic N) is 1. The van der Waals surface area contributed by atoms with Crippen LogP contribution in [0.25, 0.3) is 0 Å². The maximum Gasteiger partial charge on any atom is 0.410 e. The van der Waals surface area contributed by atoms with E-state index in [1.807, 2.05) is 31.9 Å². The molecule has 0 aromatic heterocycles. The van der Waals surface area contributed by atoms with Crippen LogP contribution in [0.2, 0.25) is 0 Å². The molecule has 5 unspecified atom stereocenters. The number of rotatable bonds is 54. The van der Waals surface area contributed by atoms with Crippen molar-refractivity contribution in [1.82, 2.24) is 29.4 Å². The van der Waals surface area contributed by atoms with Crippen LogP contribution >= 0.6 is 0 Å². The maximum absolute atomic E-state index is 11.7. The van der Waals surface area contributed by atoms with Crippen LogP contribution in [0.5, 0.6) is 0 Å². The number of amides is 2. The van der Waals surface area contributed by atoms with E-state index in [4.69, 9.17) is 107 Å². The number of carboxylic acid groups (broad SMARTS) is 1. The van der Waals surface area contributed by atoms with Crippen LogP contribution in [0.4, 0.5) is 4.79 Å². The number of aliphatic hydroxyl groups excluding tert-OH is 7. The second-order valence-electron chi connectivity index (χ2n) is 27.7. The number of likely N-dealkylation sites (tertiary alicyclic amines) is 2. The predicted molar refractivity (Wildman–Crippen MR) is 430 cm³/mol. The van der Waals surface area contributed by atoms with E-state index in [1.54, 1.807) is 61.2 Å². The number of carboxylic acids is 1. The van der Waals surface area contributed by atoms with Gasteiger partial charge in [-0.15, -0.1) is 0 Å². The normalized spacial score (nSPS) is 16.5. The van der Waals surface area contributed by atoms with Crippen molar-refractivity contribution in [3.8, 4) is 0 Å². The number of hydrogen-bond acceptors (Lipinski definition) is 30.